The summed E-state index contributed by atoms with van der Waals surface area (Å²) in [6.07, 6.45) is 4.46. The highest BCUT2D eigenvalue weighted by molar-refractivity contribution is 7.59. The Balaban J connectivity index is 0.00000169. The number of rotatable bonds is 6. The normalized spacial score (nSPS) is 24.3. The summed E-state index contributed by atoms with van der Waals surface area (Å²) in [5.74, 6) is -0.269. The molecule has 1 aromatic carbocycles. The Labute approximate surface area is 241 Å². The number of ether oxygens (including phenoxy) is 1. The van der Waals surface area contributed by atoms with Crippen LogP contribution >= 0.6 is 27.0 Å². The highest BCUT2D eigenvalue weighted by Crippen LogP contribution is 2.32. The molecule has 38 heavy (non-hydrogen) atoms. The third-order valence-electron chi connectivity index (χ3n) is 8.36. The van der Waals surface area contributed by atoms with Crippen molar-refractivity contribution in [2.75, 3.05) is 44.2 Å². The Morgan fingerprint density at radius 1 is 0.947 bits per heavy atom. The molecule has 3 heterocycles. The first-order valence-corrected chi connectivity index (χ1v) is 13.3. The highest BCUT2D eigenvalue weighted by Gasteiger charge is 2.49. The second-order valence-corrected chi connectivity index (χ2v) is 10.7. The van der Waals surface area contributed by atoms with E-state index in [1.807, 2.05) is 24.3 Å². The summed E-state index contributed by atoms with van der Waals surface area (Å²) < 4.78 is 5.57. The predicted octanol–water partition coefficient (Wildman–Crippen LogP) is 2.94. The van der Waals surface area contributed by atoms with Gasteiger partial charge in [-0.15, -0.1) is 0 Å². The number of likely N-dealkylation sites (tertiary alicyclic amines) is 1. The van der Waals surface area contributed by atoms with Gasteiger partial charge in [-0.25, -0.2) is 0 Å². The zero-order chi connectivity index (χ0) is 24.5. The minimum atomic E-state index is -0.596. The van der Waals surface area contributed by atoms with Gasteiger partial charge in [-0.05, 0) is 63.3 Å². The zero-order valence-corrected chi connectivity index (χ0v) is 23.9. The standard InChI is InChI=1S/C27H38N4O4.CH4.2H2S/c1-18(2)29-13-15-30(16-14-29)21-9-7-20(8-10-21)26(33)28-24(19-5-3-4-6-19)27(34)31-12-11-23-25(31)22(32)17-35-23;;;/h7-10,18-19,23-25H,3-6,11-17H2,1-2H3,(H,28,33);1H4;2*1H2/t23-,24+,25-;;;/m1.../s1. The molecule has 214 valence electrons. The smallest absolute Gasteiger partial charge is 0.251 e. The van der Waals surface area contributed by atoms with Crippen molar-refractivity contribution in [3.05, 3.63) is 29.8 Å². The summed E-state index contributed by atoms with van der Waals surface area (Å²) in [5, 5.41) is 3.06. The topological polar surface area (TPSA) is 82.2 Å². The molecule has 0 spiro atoms. The van der Waals surface area contributed by atoms with Crippen molar-refractivity contribution in [2.45, 2.75) is 77.6 Å². The van der Waals surface area contributed by atoms with Crippen LogP contribution in [0.3, 0.4) is 0 Å². The third-order valence-corrected chi connectivity index (χ3v) is 8.36. The number of nitrogens with one attached hydrogen (secondary N) is 1. The lowest BCUT2D eigenvalue weighted by Gasteiger charge is -2.38. The Morgan fingerprint density at radius 3 is 2.18 bits per heavy atom. The van der Waals surface area contributed by atoms with Crippen LogP contribution in [0.4, 0.5) is 5.69 Å². The van der Waals surface area contributed by atoms with E-state index in [0.29, 0.717) is 24.6 Å². The zero-order valence-electron chi connectivity index (χ0n) is 21.9. The molecule has 5 rings (SSSR count). The van der Waals surface area contributed by atoms with Crippen LogP contribution in [0.1, 0.15) is 63.7 Å². The van der Waals surface area contributed by atoms with Crippen molar-refractivity contribution in [1.82, 2.24) is 15.1 Å². The first-order chi connectivity index (χ1) is 16.9. The van der Waals surface area contributed by atoms with Crippen LogP contribution in [0.15, 0.2) is 24.3 Å². The Morgan fingerprint density at radius 2 is 1.58 bits per heavy atom. The number of benzene rings is 1. The minimum Gasteiger partial charge on any atom is -0.369 e. The van der Waals surface area contributed by atoms with E-state index < -0.39 is 12.1 Å². The van der Waals surface area contributed by atoms with Crippen molar-refractivity contribution in [2.24, 2.45) is 5.92 Å². The molecule has 3 aliphatic heterocycles. The summed E-state index contributed by atoms with van der Waals surface area (Å²) in [4.78, 5) is 45.7. The van der Waals surface area contributed by atoms with Crippen molar-refractivity contribution in [3.8, 4) is 0 Å². The molecule has 0 aromatic heterocycles. The van der Waals surface area contributed by atoms with Gasteiger partial charge in [-0.1, -0.05) is 20.3 Å². The van der Waals surface area contributed by atoms with Crippen molar-refractivity contribution >= 4 is 50.3 Å². The number of hydrogen-bond donors (Lipinski definition) is 1. The van der Waals surface area contributed by atoms with E-state index in [9.17, 15) is 14.4 Å². The molecule has 0 unspecified atom stereocenters. The van der Waals surface area contributed by atoms with Gasteiger partial charge < -0.3 is 19.9 Å². The maximum Gasteiger partial charge on any atom is 0.251 e. The highest BCUT2D eigenvalue weighted by atomic mass is 32.1. The van der Waals surface area contributed by atoms with E-state index in [4.69, 9.17) is 4.74 Å². The van der Waals surface area contributed by atoms with Crippen molar-refractivity contribution < 1.29 is 19.1 Å². The number of fused-ring (bicyclic) bond motifs is 1. The van der Waals surface area contributed by atoms with Crippen molar-refractivity contribution in [3.63, 3.8) is 0 Å². The van der Waals surface area contributed by atoms with E-state index in [2.05, 4.69) is 29.0 Å². The molecule has 8 nitrogen and oxygen atoms in total. The number of hydrogen-bond acceptors (Lipinski definition) is 6. The maximum absolute atomic E-state index is 13.6. The van der Waals surface area contributed by atoms with Crippen LogP contribution in [-0.2, 0) is 14.3 Å². The van der Waals surface area contributed by atoms with Gasteiger partial charge in [0.2, 0.25) is 5.91 Å². The molecule has 2 amide bonds. The average Bonchev–Trinajstić information content (AvgIpc) is 3.62. The number of carbonyl (C=O) groups excluding carboxylic acids is 3. The van der Waals surface area contributed by atoms with Crippen LogP contribution in [0.5, 0.6) is 0 Å². The Hall–Kier alpha value is -1.75. The molecule has 1 aromatic rings. The quantitative estimate of drug-likeness (QED) is 0.570. The number of piperazine rings is 1. The minimum absolute atomic E-state index is 0. The fraction of sp³-hybridized carbons (Fsp3) is 0.679. The molecule has 1 saturated carbocycles. The van der Waals surface area contributed by atoms with Crippen LogP contribution in [0.2, 0.25) is 0 Å². The van der Waals surface area contributed by atoms with E-state index in [1.165, 1.54) is 0 Å². The van der Waals surface area contributed by atoms with Gasteiger partial charge in [0.05, 0.1) is 6.10 Å². The third kappa shape index (κ3) is 6.69. The summed E-state index contributed by atoms with van der Waals surface area (Å²) in [6, 6.07) is 7.20. The first kappa shape index (κ1) is 32.5. The molecule has 1 aliphatic carbocycles. The largest absolute Gasteiger partial charge is 0.369 e. The SMILES string of the molecule is C.CC(C)N1CCN(c2ccc(C(=O)N[C@H](C(=O)N3CC[C@H]4OCC(=O)[C@H]43)C3CCCC3)cc2)CC1.S.S. The molecule has 4 aliphatic rings. The van der Waals surface area contributed by atoms with Gasteiger partial charge in [0.1, 0.15) is 18.7 Å². The lowest BCUT2D eigenvalue weighted by molar-refractivity contribution is -0.139. The second kappa shape index (κ2) is 14.1. The first-order valence-electron chi connectivity index (χ1n) is 13.3. The van der Waals surface area contributed by atoms with Crippen molar-refractivity contribution in [1.29, 1.82) is 0 Å². The molecular weight excluding hydrogens is 520 g/mol. The second-order valence-electron chi connectivity index (χ2n) is 10.7. The van der Waals surface area contributed by atoms with Crippen LogP contribution in [-0.4, -0.2) is 91.0 Å². The van der Waals surface area contributed by atoms with Gasteiger partial charge in [0, 0.05) is 50.0 Å². The predicted molar refractivity (Wildman–Crippen MR) is 161 cm³/mol. The molecule has 3 atom stereocenters. The lowest BCUT2D eigenvalue weighted by atomic mass is 9.95. The van der Waals surface area contributed by atoms with Crippen LogP contribution in [0, 0.1) is 5.92 Å². The summed E-state index contributed by atoms with van der Waals surface area (Å²) in [6.45, 7) is 9.08. The number of anilines is 1. The van der Waals surface area contributed by atoms with Gasteiger partial charge >= 0.3 is 0 Å². The molecule has 0 radical (unpaired) electrons. The number of carbonyl (C=O) groups is 3. The fourth-order valence-corrected chi connectivity index (χ4v) is 6.24. The van der Waals surface area contributed by atoms with E-state index >= 15 is 0 Å². The van der Waals surface area contributed by atoms with Gasteiger partial charge in [-0.2, -0.15) is 27.0 Å². The maximum atomic E-state index is 13.6. The lowest BCUT2D eigenvalue weighted by Crippen LogP contribution is -2.54. The van der Waals surface area contributed by atoms with Crippen LogP contribution < -0.4 is 10.2 Å². The van der Waals surface area contributed by atoms with Crippen LogP contribution in [0.25, 0.3) is 0 Å². The van der Waals surface area contributed by atoms with Gasteiger partial charge in [0.15, 0.2) is 5.78 Å². The summed E-state index contributed by atoms with van der Waals surface area (Å²) in [7, 11) is 0. The summed E-state index contributed by atoms with van der Waals surface area (Å²) in [5.41, 5.74) is 1.68. The molecule has 4 fully saturated rings. The van der Waals surface area contributed by atoms with E-state index in [1.54, 1.807) is 4.90 Å². The molecular formula is C28H46N4O4S2. The molecule has 1 N–H and O–H groups in total. The van der Waals surface area contributed by atoms with E-state index in [-0.39, 0.29) is 70.6 Å². The van der Waals surface area contributed by atoms with Gasteiger partial charge in [-0.3, -0.25) is 19.3 Å². The summed E-state index contributed by atoms with van der Waals surface area (Å²) >= 11 is 0. The Kier molecular flexibility index (Phi) is 12.0. The number of ketones is 1. The fourth-order valence-electron chi connectivity index (χ4n) is 6.24. The number of nitrogens with zero attached hydrogens (tertiary/aromatic N) is 3. The van der Waals surface area contributed by atoms with E-state index in [0.717, 1.165) is 57.5 Å². The molecule has 3 saturated heterocycles. The number of amides is 2. The monoisotopic (exact) mass is 566 g/mol. The molecule has 0 bridgehead atoms. The number of Topliss-reactive ketones (excluding diaryl/α,β-unsaturated/α-hetero) is 1. The van der Waals surface area contributed by atoms with Gasteiger partial charge in [0.25, 0.3) is 5.91 Å². The Bertz CT molecular complexity index is 947. The average molecular weight is 567 g/mol. The molecule has 10 heteroatoms.